The van der Waals surface area contributed by atoms with Crippen LogP contribution in [0.15, 0.2) is 12.3 Å². The molecular formula is C14H24O. The summed E-state index contributed by atoms with van der Waals surface area (Å²) in [7, 11) is 0. The van der Waals surface area contributed by atoms with Crippen molar-refractivity contribution in [2.75, 3.05) is 0 Å². The molecule has 0 heterocycles. The molecule has 86 valence electrons. The lowest BCUT2D eigenvalue weighted by molar-refractivity contribution is 0.472. The van der Waals surface area contributed by atoms with Crippen LogP contribution in [0.25, 0.3) is 0 Å². The van der Waals surface area contributed by atoms with Crippen LogP contribution < -0.4 is 0 Å². The smallest absolute Gasteiger partial charge is 0.0761 e. The predicted molar refractivity (Wildman–Crippen MR) is 66.8 cm³/mol. The third kappa shape index (κ3) is 13.1. The number of aliphatic hydroxyl groups is 1. The van der Waals surface area contributed by atoms with Gasteiger partial charge in [-0.2, -0.15) is 0 Å². The van der Waals surface area contributed by atoms with Crippen LogP contribution in [-0.2, 0) is 0 Å². The third-order valence-corrected chi connectivity index (χ3v) is 2.36. The Morgan fingerprint density at radius 2 is 1.60 bits per heavy atom. The van der Waals surface area contributed by atoms with E-state index in [0.717, 1.165) is 12.7 Å². The highest BCUT2D eigenvalue weighted by atomic mass is 16.2. The molecule has 0 fully saturated rings. The molecule has 0 aromatic heterocycles. The van der Waals surface area contributed by atoms with Crippen LogP contribution in [0.3, 0.4) is 0 Å². The number of aliphatic hydroxyl groups excluding tert-OH is 1. The third-order valence-electron chi connectivity index (χ3n) is 2.36. The van der Waals surface area contributed by atoms with Crippen molar-refractivity contribution in [3.8, 4) is 11.8 Å². The molecule has 0 amide bonds. The van der Waals surface area contributed by atoms with Gasteiger partial charge in [0.1, 0.15) is 0 Å². The number of unbranched alkanes of at least 4 members (excludes halogenated alkanes) is 7. The summed E-state index contributed by atoms with van der Waals surface area (Å²) < 4.78 is 0. The van der Waals surface area contributed by atoms with E-state index in [1.54, 1.807) is 6.08 Å². The molecule has 1 heteroatoms. The van der Waals surface area contributed by atoms with Crippen LogP contribution in [0, 0.1) is 11.8 Å². The molecule has 0 unspecified atom stereocenters. The maximum absolute atomic E-state index is 8.36. The molecule has 1 N–H and O–H groups in total. The Hall–Kier alpha value is -0.900. The number of hydrogen-bond donors (Lipinski definition) is 1. The highest BCUT2D eigenvalue weighted by molar-refractivity contribution is 5.03. The fraction of sp³-hybridized carbons (Fsp3) is 0.714. The summed E-state index contributed by atoms with van der Waals surface area (Å²) in [4.78, 5) is 0. The Kier molecular flexibility index (Phi) is 12.3. The van der Waals surface area contributed by atoms with Gasteiger partial charge in [0.25, 0.3) is 0 Å². The molecule has 0 atom stereocenters. The fourth-order valence-corrected chi connectivity index (χ4v) is 1.44. The Bertz CT molecular complexity index is 195. The van der Waals surface area contributed by atoms with Crippen LogP contribution in [0.2, 0.25) is 0 Å². The molecule has 0 aromatic carbocycles. The SMILES string of the molecule is CCCCCCCCCC#CC/C=C/O. The van der Waals surface area contributed by atoms with Gasteiger partial charge in [-0.1, -0.05) is 51.4 Å². The molecule has 15 heavy (non-hydrogen) atoms. The number of allylic oxidation sites excluding steroid dienone is 1. The Morgan fingerprint density at radius 1 is 0.933 bits per heavy atom. The second-order valence-electron chi connectivity index (χ2n) is 3.81. The zero-order valence-corrected chi connectivity index (χ0v) is 9.97. The Morgan fingerprint density at radius 3 is 2.27 bits per heavy atom. The van der Waals surface area contributed by atoms with Crippen molar-refractivity contribution in [3.05, 3.63) is 12.3 Å². The summed E-state index contributed by atoms with van der Waals surface area (Å²) in [6, 6.07) is 0. The molecule has 0 saturated carbocycles. The first kappa shape index (κ1) is 14.1. The lowest BCUT2D eigenvalue weighted by Crippen LogP contribution is -1.79. The van der Waals surface area contributed by atoms with E-state index in [4.69, 9.17) is 5.11 Å². The van der Waals surface area contributed by atoms with Crippen LogP contribution in [0.5, 0.6) is 0 Å². The number of hydrogen-bond acceptors (Lipinski definition) is 1. The average Bonchev–Trinajstić information content (AvgIpc) is 2.26. The van der Waals surface area contributed by atoms with Crippen LogP contribution >= 0.6 is 0 Å². The van der Waals surface area contributed by atoms with E-state index in [1.165, 1.54) is 44.9 Å². The van der Waals surface area contributed by atoms with E-state index >= 15 is 0 Å². The van der Waals surface area contributed by atoms with Crippen molar-refractivity contribution in [3.63, 3.8) is 0 Å². The van der Waals surface area contributed by atoms with E-state index in [9.17, 15) is 0 Å². The summed E-state index contributed by atoms with van der Waals surface area (Å²) in [6.45, 7) is 2.25. The molecular weight excluding hydrogens is 184 g/mol. The van der Waals surface area contributed by atoms with Crippen molar-refractivity contribution >= 4 is 0 Å². The standard InChI is InChI=1S/C14H24O/c1-2-3-4-5-6-7-8-9-10-11-12-13-14-15/h13-15H,2-9,12H2,1H3/b14-13+. The van der Waals surface area contributed by atoms with Gasteiger partial charge in [0, 0.05) is 12.8 Å². The molecule has 0 aliphatic rings. The van der Waals surface area contributed by atoms with Crippen molar-refractivity contribution in [2.45, 2.75) is 64.7 Å². The fourth-order valence-electron chi connectivity index (χ4n) is 1.44. The molecule has 0 rings (SSSR count). The predicted octanol–water partition coefficient (Wildman–Crippen LogP) is 4.59. The zero-order valence-electron chi connectivity index (χ0n) is 9.97. The largest absolute Gasteiger partial charge is 0.516 e. The van der Waals surface area contributed by atoms with Crippen molar-refractivity contribution < 1.29 is 5.11 Å². The summed E-state index contributed by atoms with van der Waals surface area (Å²) >= 11 is 0. The van der Waals surface area contributed by atoms with E-state index in [1.807, 2.05) is 0 Å². The molecule has 0 spiro atoms. The summed E-state index contributed by atoms with van der Waals surface area (Å²) in [5, 5.41) is 8.36. The van der Waals surface area contributed by atoms with E-state index in [-0.39, 0.29) is 0 Å². The highest BCUT2D eigenvalue weighted by Crippen LogP contribution is 2.07. The molecule has 0 aliphatic carbocycles. The van der Waals surface area contributed by atoms with Gasteiger partial charge in [0.2, 0.25) is 0 Å². The minimum absolute atomic E-state index is 0.674. The molecule has 0 radical (unpaired) electrons. The monoisotopic (exact) mass is 208 g/mol. The van der Waals surface area contributed by atoms with E-state index in [2.05, 4.69) is 18.8 Å². The first-order valence-electron chi connectivity index (χ1n) is 6.16. The molecule has 0 saturated heterocycles. The van der Waals surface area contributed by atoms with Crippen molar-refractivity contribution in [1.29, 1.82) is 0 Å². The van der Waals surface area contributed by atoms with Gasteiger partial charge in [0.05, 0.1) is 6.26 Å². The minimum atomic E-state index is 0.674. The maximum Gasteiger partial charge on any atom is 0.0761 e. The summed E-state index contributed by atoms with van der Waals surface area (Å²) in [5.41, 5.74) is 0. The molecule has 0 bridgehead atoms. The van der Waals surface area contributed by atoms with Crippen LogP contribution in [0.1, 0.15) is 64.7 Å². The van der Waals surface area contributed by atoms with Gasteiger partial charge in [0.15, 0.2) is 0 Å². The van der Waals surface area contributed by atoms with Gasteiger partial charge in [-0.25, -0.2) is 0 Å². The lowest BCUT2D eigenvalue weighted by Gasteiger charge is -1.97. The van der Waals surface area contributed by atoms with Gasteiger partial charge in [-0.3, -0.25) is 0 Å². The second-order valence-corrected chi connectivity index (χ2v) is 3.81. The first-order valence-corrected chi connectivity index (χ1v) is 6.16. The van der Waals surface area contributed by atoms with Gasteiger partial charge in [-0.15, -0.1) is 5.92 Å². The number of rotatable bonds is 8. The van der Waals surface area contributed by atoms with Gasteiger partial charge >= 0.3 is 0 Å². The van der Waals surface area contributed by atoms with Crippen LogP contribution in [-0.4, -0.2) is 5.11 Å². The van der Waals surface area contributed by atoms with E-state index in [0.29, 0.717) is 6.42 Å². The Labute approximate surface area is 94.6 Å². The summed E-state index contributed by atoms with van der Waals surface area (Å²) in [5.74, 6) is 6.11. The van der Waals surface area contributed by atoms with Gasteiger partial charge in [-0.05, 0) is 12.5 Å². The molecule has 0 aliphatic heterocycles. The zero-order chi connectivity index (χ0) is 11.2. The molecule has 1 nitrogen and oxygen atoms in total. The second kappa shape index (κ2) is 13.1. The topological polar surface area (TPSA) is 20.2 Å². The Balaban J connectivity index is 3.06. The highest BCUT2D eigenvalue weighted by Gasteiger charge is 1.88. The quantitative estimate of drug-likeness (QED) is 0.351. The molecule has 0 aromatic rings. The van der Waals surface area contributed by atoms with Crippen molar-refractivity contribution in [2.24, 2.45) is 0 Å². The maximum atomic E-state index is 8.36. The van der Waals surface area contributed by atoms with Crippen LogP contribution in [0.4, 0.5) is 0 Å². The van der Waals surface area contributed by atoms with Crippen molar-refractivity contribution in [1.82, 2.24) is 0 Å². The first-order chi connectivity index (χ1) is 7.41. The normalized spacial score (nSPS) is 10.2. The lowest BCUT2D eigenvalue weighted by atomic mass is 10.1. The summed E-state index contributed by atoms with van der Waals surface area (Å²) in [6.07, 6.45) is 13.8. The van der Waals surface area contributed by atoms with Gasteiger partial charge < -0.3 is 5.11 Å². The van der Waals surface area contributed by atoms with E-state index < -0.39 is 0 Å². The minimum Gasteiger partial charge on any atom is -0.516 e. The average molecular weight is 208 g/mol.